The molecule has 0 bridgehead atoms. The van der Waals surface area contributed by atoms with Crippen LogP contribution in [0.5, 0.6) is 5.75 Å². The van der Waals surface area contributed by atoms with Crippen LogP contribution in [0.25, 0.3) is 0 Å². The number of nitrogens with one attached hydrogen (secondary N) is 1. The molecule has 0 atom stereocenters. The van der Waals surface area contributed by atoms with Crippen LogP contribution in [0.2, 0.25) is 5.02 Å². The number of nitrogens with zero attached hydrogens (tertiary/aromatic N) is 4. The topological polar surface area (TPSA) is 96.8 Å². The lowest BCUT2D eigenvalue weighted by Gasteiger charge is -2.33. The van der Waals surface area contributed by atoms with Crippen LogP contribution in [0.1, 0.15) is 5.69 Å². The van der Waals surface area contributed by atoms with Crippen molar-refractivity contribution in [3.63, 3.8) is 0 Å². The summed E-state index contributed by atoms with van der Waals surface area (Å²) >= 11 is 5.88. The number of alkyl halides is 2. The average Bonchev–Trinajstić information content (AvgIpc) is 3.03. The number of aryl methyl sites for hydroxylation is 1. The quantitative estimate of drug-likeness (QED) is 0.654. The van der Waals surface area contributed by atoms with Crippen LogP contribution in [-0.4, -0.2) is 72.6 Å². The zero-order valence-electron chi connectivity index (χ0n) is 16.9. The largest absolute Gasteiger partial charge is 0.433 e. The summed E-state index contributed by atoms with van der Waals surface area (Å²) in [6.45, 7) is 0.000565. The van der Waals surface area contributed by atoms with Crippen LogP contribution in [0.15, 0.2) is 29.3 Å². The van der Waals surface area contributed by atoms with Gasteiger partial charge >= 0.3 is 6.61 Å². The minimum atomic E-state index is -3.65. The molecular formula is C18H22ClF2N5O4S. The summed E-state index contributed by atoms with van der Waals surface area (Å²) in [5.41, 5.74) is 0.898. The van der Waals surface area contributed by atoms with Gasteiger partial charge in [0.2, 0.25) is 15.9 Å². The minimum Gasteiger partial charge on any atom is -0.433 e. The molecule has 0 spiro atoms. The summed E-state index contributed by atoms with van der Waals surface area (Å²) in [5.74, 6) is -0.520. The number of benzene rings is 1. The number of amides is 1. The van der Waals surface area contributed by atoms with Crippen LogP contribution in [0, 0.1) is 6.92 Å². The van der Waals surface area contributed by atoms with Crippen molar-refractivity contribution in [3.05, 3.63) is 35.1 Å². The van der Waals surface area contributed by atoms with Gasteiger partial charge in [0.15, 0.2) is 0 Å². The second-order valence-corrected chi connectivity index (χ2v) is 9.28. The highest BCUT2D eigenvalue weighted by Gasteiger charge is 2.31. The molecule has 1 aromatic carbocycles. The predicted octanol–water partition coefficient (Wildman–Crippen LogP) is 1.93. The Labute approximate surface area is 183 Å². The summed E-state index contributed by atoms with van der Waals surface area (Å²) in [6.07, 6.45) is 1.34. The Morgan fingerprint density at radius 3 is 2.52 bits per heavy atom. The molecule has 0 aliphatic carbocycles. The lowest BCUT2D eigenvalue weighted by atomic mass is 10.3. The highest BCUT2D eigenvalue weighted by molar-refractivity contribution is 7.89. The number of sulfonamides is 1. The lowest BCUT2D eigenvalue weighted by Crippen LogP contribution is -2.50. The van der Waals surface area contributed by atoms with Crippen molar-refractivity contribution in [2.45, 2.75) is 18.4 Å². The van der Waals surface area contributed by atoms with Gasteiger partial charge in [-0.25, -0.2) is 8.42 Å². The fourth-order valence-electron chi connectivity index (χ4n) is 3.17. The SMILES string of the molecule is Cc1c(S(=O)(=O)N2CCN(CC(=O)Nc3ccc(OC(F)F)c(Cl)c3)CC2)cnn1C. The van der Waals surface area contributed by atoms with E-state index in [1.165, 1.54) is 33.4 Å². The first-order valence-electron chi connectivity index (χ1n) is 9.33. The average molecular weight is 478 g/mol. The van der Waals surface area contributed by atoms with Gasteiger partial charge in [0.05, 0.1) is 23.5 Å². The molecule has 2 heterocycles. The van der Waals surface area contributed by atoms with E-state index >= 15 is 0 Å². The molecule has 170 valence electrons. The van der Waals surface area contributed by atoms with Gasteiger partial charge in [-0.3, -0.25) is 14.4 Å². The van der Waals surface area contributed by atoms with E-state index in [1.807, 2.05) is 4.90 Å². The van der Waals surface area contributed by atoms with Crippen molar-refractivity contribution in [2.24, 2.45) is 7.05 Å². The maximum Gasteiger partial charge on any atom is 0.387 e. The van der Waals surface area contributed by atoms with E-state index in [9.17, 15) is 22.0 Å². The molecule has 0 unspecified atom stereocenters. The number of aromatic nitrogens is 2. The van der Waals surface area contributed by atoms with E-state index < -0.39 is 16.6 Å². The summed E-state index contributed by atoms with van der Waals surface area (Å²) in [6, 6.07) is 3.97. The standard InChI is InChI=1S/C18H22ClF2N5O4S/c1-12-16(10-22-24(12)2)31(28,29)26-7-5-25(6-8-26)11-17(27)23-13-3-4-15(14(19)9-13)30-18(20)21/h3-4,9-10,18H,5-8,11H2,1-2H3,(H,23,27). The smallest absolute Gasteiger partial charge is 0.387 e. The van der Waals surface area contributed by atoms with Gasteiger partial charge in [0, 0.05) is 38.9 Å². The number of hydrogen-bond donors (Lipinski definition) is 1. The van der Waals surface area contributed by atoms with Gasteiger partial charge in [-0.1, -0.05) is 11.6 Å². The molecule has 1 amide bonds. The molecule has 2 aromatic rings. The Hall–Kier alpha value is -2.28. The number of rotatable bonds is 7. The normalized spacial score (nSPS) is 15.9. The third-order valence-corrected chi connectivity index (χ3v) is 7.24. The van der Waals surface area contributed by atoms with Gasteiger partial charge < -0.3 is 10.1 Å². The zero-order chi connectivity index (χ0) is 22.8. The van der Waals surface area contributed by atoms with Gasteiger partial charge in [-0.05, 0) is 25.1 Å². The molecular weight excluding hydrogens is 456 g/mol. The van der Waals surface area contributed by atoms with Gasteiger partial charge in [-0.2, -0.15) is 18.2 Å². The van der Waals surface area contributed by atoms with E-state index in [-0.39, 0.29) is 41.2 Å². The third-order valence-electron chi connectivity index (χ3n) is 4.94. The summed E-state index contributed by atoms with van der Waals surface area (Å²) < 4.78 is 57.4. The monoisotopic (exact) mass is 477 g/mol. The van der Waals surface area contributed by atoms with Crippen molar-refractivity contribution in [1.82, 2.24) is 19.0 Å². The van der Waals surface area contributed by atoms with E-state index in [2.05, 4.69) is 15.2 Å². The molecule has 9 nitrogen and oxygen atoms in total. The number of anilines is 1. The Morgan fingerprint density at radius 1 is 1.29 bits per heavy atom. The molecule has 1 fully saturated rings. The fourth-order valence-corrected chi connectivity index (χ4v) is 5.01. The minimum absolute atomic E-state index is 0.0483. The van der Waals surface area contributed by atoms with Crippen LogP contribution in [-0.2, 0) is 21.9 Å². The summed E-state index contributed by atoms with van der Waals surface area (Å²) in [5, 5.41) is 6.57. The molecule has 1 aliphatic heterocycles. The Balaban J connectivity index is 1.53. The highest BCUT2D eigenvalue weighted by Crippen LogP contribution is 2.29. The van der Waals surface area contributed by atoms with E-state index in [1.54, 1.807) is 14.0 Å². The van der Waals surface area contributed by atoms with Gasteiger partial charge in [-0.15, -0.1) is 0 Å². The van der Waals surface area contributed by atoms with E-state index in [0.29, 0.717) is 24.5 Å². The molecule has 1 saturated heterocycles. The highest BCUT2D eigenvalue weighted by atomic mass is 35.5. The summed E-state index contributed by atoms with van der Waals surface area (Å²) in [7, 11) is -1.97. The molecule has 13 heteroatoms. The number of carbonyl (C=O) groups excluding carboxylic acids is 1. The third kappa shape index (κ3) is 5.50. The van der Waals surface area contributed by atoms with Crippen molar-refractivity contribution in [1.29, 1.82) is 0 Å². The van der Waals surface area contributed by atoms with Crippen molar-refractivity contribution >= 4 is 33.2 Å². The number of piperazine rings is 1. The van der Waals surface area contributed by atoms with Crippen molar-refractivity contribution in [2.75, 3.05) is 38.0 Å². The first-order valence-corrected chi connectivity index (χ1v) is 11.1. The van der Waals surface area contributed by atoms with E-state index in [0.717, 1.165) is 0 Å². The molecule has 0 radical (unpaired) electrons. The van der Waals surface area contributed by atoms with Gasteiger partial charge in [0.25, 0.3) is 0 Å². The molecule has 1 aliphatic rings. The molecule has 3 rings (SSSR count). The number of hydrogen-bond acceptors (Lipinski definition) is 6. The van der Waals surface area contributed by atoms with Crippen molar-refractivity contribution in [3.8, 4) is 5.75 Å². The number of carbonyl (C=O) groups is 1. The van der Waals surface area contributed by atoms with Crippen LogP contribution < -0.4 is 10.1 Å². The first kappa shape index (κ1) is 23.4. The number of ether oxygens (including phenoxy) is 1. The number of halogens is 3. The first-order chi connectivity index (χ1) is 14.6. The lowest BCUT2D eigenvalue weighted by molar-refractivity contribution is -0.117. The second kappa shape index (κ2) is 9.47. The second-order valence-electron chi connectivity index (χ2n) is 6.97. The Kier molecular flexibility index (Phi) is 7.14. The molecule has 31 heavy (non-hydrogen) atoms. The maximum absolute atomic E-state index is 12.8. The Morgan fingerprint density at radius 2 is 1.97 bits per heavy atom. The van der Waals surface area contributed by atoms with E-state index in [4.69, 9.17) is 11.6 Å². The van der Waals surface area contributed by atoms with Crippen LogP contribution in [0.4, 0.5) is 14.5 Å². The van der Waals surface area contributed by atoms with Crippen LogP contribution in [0.3, 0.4) is 0 Å². The van der Waals surface area contributed by atoms with Crippen molar-refractivity contribution < 1.29 is 26.7 Å². The Bertz CT molecular complexity index is 1060. The predicted molar refractivity (Wildman–Crippen MR) is 110 cm³/mol. The summed E-state index contributed by atoms with van der Waals surface area (Å²) in [4.78, 5) is 14.3. The molecule has 0 saturated carbocycles. The van der Waals surface area contributed by atoms with Gasteiger partial charge in [0.1, 0.15) is 10.6 Å². The maximum atomic E-state index is 12.8. The fraction of sp³-hybridized carbons (Fsp3) is 0.444. The molecule has 1 N–H and O–H groups in total. The zero-order valence-corrected chi connectivity index (χ0v) is 18.5. The molecule has 1 aromatic heterocycles. The van der Waals surface area contributed by atoms with Crippen LogP contribution >= 0.6 is 11.6 Å².